The third-order valence-electron chi connectivity index (χ3n) is 2.39. The summed E-state index contributed by atoms with van der Waals surface area (Å²) in [5.74, 6) is 0.238. The molecule has 1 N–H and O–H groups in total. The molecule has 0 atom stereocenters. The van der Waals surface area contributed by atoms with Gasteiger partial charge < -0.3 is 4.74 Å². The van der Waals surface area contributed by atoms with Crippen molar-refractivity contribution in [2.75, 3.05) is 6.61 Å². The van der Waals surface area contributed by atoms with Crippen LogP contribution in [0.25, 0.3) is 0 Å². The molecule has 0 aliphatic rings. The minimum atomic E-state index is -0.303. The third kappa shape index (κ3) is 3.91. The molecule has 0 radical (unpaired) electrons. The number of ether oxygens (including phenoxy) is 1. The van der Waals surface area contributed by atoms with Crippen molar-refractivity contribution in [3.05, 3.63) is 50.6 Å². The highest BCUT2D eigenvalue weighted by Crippen LogP contribution is 2.23. The minimum absolute atomic E-state index is 0.303. The van der Waals surface area contributed by atoms with Crippen LogP contribution in [0.3, 0.4) is 0 Å². The van der Waals surface area contributed by atoms with Gasteiger partial charge in [0, 0.05) is 9.35 Å². The number of carbonyl (C=O) groups excluding carboxylic acids is 1. The van der Waals surface area contributed by atoms with Crippen molar-refractivity contribution in [3.8, 4) is 5.75 Å². The second kappa shape index (κ2) is 7.21. The fraction of sp³-hybridized carbons (Fsp3) is 0.143. The van der Waals surface area contributed by atoms with Crippen molar-refractivity contribution in [2.24, 2.45) is 5.10 Å². The van der Waals surface area contributed by atoms with Gasteiger partial charge in [-0.25, -0.2) is 5.43 Å². The Kier molecular flexibility index (Phi) is 5.31. The van der Waals surface area contributed by atoms with Crippen LogP contribution in [0.15, 0.2) is 45.3 Å². The second-order valence-electron chi connectivity index (χ2n) is 3.79. The van der Waals surface area contributed by atoms with E-state index < -0.39 is 0 Å². The zero-order valence-electron chi connectivity index (χ0n) is 10.8. The Morgan fingerprint density at radius 3 is 3.05 bits per heavy atom. The summed E-state index contributed by atoms with van der Waals surface area (Å²) >= 11 is 4.89. The van der Waals surface area contributed by atoms with Crippen molar-refractivity contribution < 1.29 is 9.53 Å². The Balaban J connectivity index is 2.10. The first-order valence-corrected chi connectivity index (χ1v) is 7.67. The van der Waals surface area contributed by atoms with Crippen molar-refractivity contribution in [2.45, 2.75) is 6.92 Å². The van der Waals surface area contributed by atoms with E-state index in [4.69, 9.17) is 4.74 Å². The topological polar surface area (TPSA) is 50.7 Å². The molecule has 2 aromatic rings. The van der Waals surface area contributed by atoms with Crippen molar-refractivity contribution in [3.63, 3.8) is 0 Å². The van der Waals surface area contributed by atoms with Crippen LogP contribution < -0.4 is 10.2 Å². The van der Waals surface area contributed by atoms with E-state index >= 15 is 0 Å². The van der Waals surface area contributed by atoms with Gasteiger partial charge in [0.05, 0.1) is 18.4 Å². The highest BCUT2D eigenvalue weighted by Gasteiger charge is 2.12. The zero-order chi connectivity index (χ0) is 14.4. The second-order valence-corrected chi connectivity index (χ2v) is 5.68. The summed E-state index contributed by atoms with van der Waals surface area (Å²) in [5, 5.41) is 5.89. The molecule has 0 saturated carbocycles. The number of thiophene rings is 1. The number of hydrazone groups is 1. The number of hydrogen-bond donors (Lipinski definition) is 1. The van der Waals surface area contributed by atoms with Gasteiger partial charge in [-0.15, -0.1) is 11.3 Å². The van der Waals surface area contributed by atoms with Crippen LogP contribution in [0, 0.1) is 0 Å². The van der Waals surface area contributed by atoms with Crippen LogP contribution >= 0.6 is 27.3 Å². The van der Waals surface area contributed by atoms with E-state index in [1.165, 1.54) is 0 Å². The maximum atomic E-state index is 12.1. The van der Waals surface area contributed by atoms with E-state index in [1.807, 2.05) is 30.5 Å². The molecule has 1 heterocycles. The Bertz CT molecular complexity index is 612. The Hall–Kier alpha value is -1.66. The lowest BCUT2D eigenvalue weighted by atomic mass is 10.2. The summed E-state index contributed by atoms with van der Waals surface area (Å²) in [5.41, 5.74) is 2.95. The largest absolute Gasteiger partial charge is 0.493 e. The summed E-state index contributed by atoms with van der Waals surface area (Å²) in [6.45, 7) is 2.37. The molecule has 0 aliphatic heterocycles. The van der Waals surface area contributed by atoms with E-state index in [1.54, 1.807) is 29.7 Å². The predicted octanol–water partition coefficient (Wildman–Crippen LogP) is 3.67. The summed E-state index contributed by atoms with van der Waals surface area (Å²) < 4.78 is 6.25. The molecule has 1 aromatic heterocycles. The molecule has 0 unspecified atom stereocenters. The van der Waals surface area contributed by atoms with Crippen molar-refractivity contribution >= 4 is 39.4 Å². The molecule has 4 nitrogen and oxygen atoms in total. The van der Waals surface area contributed by atoms with Gasteiger partial charge in [0.1, 0.15) is 5.75 Å². The van der Waals surface area contributed by atoms with Crippen LogP contribution in [0.1, 0.15) is 22.2 Å². The number of amides is 1. The average molecular weight is 353 g/mol. The van der Waals surface area contributed by atoms with E-state index in [0.29, 0.717) is 17.9 Å². The Labute approximate surface area is 129 Å². The lowest BCUT2D eigenvalue weighted by molar-refractivity contribution is 0.0951. The highest BCUT2D eigenvalue weighted by atomic mass is 79.9. The van der Waals surface area contributed by atoms with Gasteiger partial charge in [-0.1, -0.05) is 22.0 Å². The normalized spacial score (nSPS) is 10.7. The summed E-state index contributed by atoms with van der Waals surface area (Å²) in [4.78, 5) is 13.1. The van der Waals surface area contributed by atoms with E-state index in [0.717, 1.165) is 9.35 Å². The smallest absolute Gasteiger partial charge is 0.275 e. The molecule has 0 bridgehead atoms. The standard InChI is InChI=1S/C14H13BrN2O2S/c1-2-19-13-6-5-10(15)8-12(13)14(18)17-16-9-11-4-3-7-20-11/h3-9H,2H2,1H3,(H,17,18)/b16-9-. The lowest BCUT2D eigenvalue weighted by Crippen LogP contribution is -2.18. The van der Waals surface area contributed by atoms with Crippen LogP contribution in [0.2, 0.25) is 0 Å². The highest BCUT2D eigenvalue weighted by molar-refractivity contribution is 9.10. The molecule has 6 heteroatoms. The Morgan fingerprint density at radius 1 is 1.50 bits per heavy atom. The molecular formula is C14H13BrN2O2S. The van der Waals surface area contributed by atoms with Crippen LogP contribution in [-0.4, -0.2) is 18.7 Å². The van der Waals surface area contributed by atoms with Gasteiger partial charge in [-0.05, 0) is 36.6 Å². The van der Waals surface area contributed by atoms with Crippen LogP contribution in [0.4, 0.5) is 0 Å². The van der Waals surface area contributed by atoms with E-state index in [2.05, 4.69) is 26.5 Å². The number of benzene rings is 1. The van der Waals surface area contributed by atoms with Gasteiger partial charge in [-0.2, -0.15) is 5.10 Å². The van der Waals surface area contributed by atoms with Crippen molar-refractivity contribution in [1.29, 1.82) is 0 Å². The maximum absolute atomic E-state index is 12.1. The SMILES string of the molecule is CCOc1ccc(Br)cc1C(=O)N/N=C\c1cccs1. The molecule has 0 spiro atoms. The number of halogens is 1. The van der Waals surface area contributed by atoms with Crippen LogP contribution in [0.5, 0.6) is 5.75 Å². The quantitative estimate of drug-likeness (QED) is 0.659. The molecule has 0 saturated heterocycles. The molecule has 2 rings (SSSR count). The molecule has 0 fully saturated rings. The Morgan fingerprint density at radius 2 is 2.35 bits per heavy atom. The fourth-order valence-electron chi connectivity index (χ4n) is 1.54. The van der Waals surface area contributed by atoms with Gasteiger partial charge in [0.25, 0.3) is 5.91 Å². The third-order valence-corrected chi connectivity index (χ3v) is 3.69. The number of rotatable bonds is 5. The first-order chi connectivity index (χ1) is 9.70. The van der Waals surface area contributed by atoms with Crippen LogP contribution in [-0.2, 0) is 0 Å². The van der Waals surface area contributed by atoms with E-state index in [9.17, 15) is 4.79 Å². The lowest BCUT2D eigenvalue weighted by Gasteiger charge is -2.09. The first-order valence-electron chi connectivity index (χ1n) is 6.00. The molecule has 1 aromatic carbocycles. The minimum Gasteiger partial charge on any atom is -0.493 e. The number of carbonyl (C=O) groups is 1. The van der Waals surface area contributed by atoms with Gasteiger partial charge >= 0.3 is 0 Å². The molecule has 104 valence electrons. The summed E-state index contributed by atoms with van der Waals surface area (Å²) in [6.07, 6.45) is 1.61. The zero-order valence-corrected chi connectivity index (χ0v) is 13.2. The molecule has 0 aliphatic carbocycles. The number of nitrogens with one attached hydrogen (secondary N) is 1. The number of nitrogens with zero attached hydrogens (tertiary/aromatic N) is 1. The van der Waals surface area contributed by atoms with Gasteiger partial charge in [0.2, 0.25) is 0 Å². The maximum Gasteiger partial charge on any atom is 0.275 e. The monoisotopic (exact) mass is 352 g/mol. The van der Waals surface area contributed by atoms with Crippen molar-refractivity contribution in [1.82, 2.24) is 5.43 Å². The first kappa shape index (κ1) is 14.7. The van der Waals surface area contributed by atoms with Gasteiger partial charge in [-0.3, -0.25) is 4.79 Å². The molecule has 1 amide bonds. The summed E-state index contributed by atoms with van der Waals surface area (Å²) in [7, 11) is 0. The van der Waals surface area contributed by atoms with E-state index in [-0.39, 0.29) is 5.91 Å². The molecule has 20 heavy (non-hydrogen) atoms. The fourth-order valence-corrected chi connectivity index (χ4v) is 2.49. The van der Waals surface area contributed by atoms with Gasteiger partial charge in [0.15, 0.2) is 0 Å². The average Bonchev–Trinajstić information content (AvgIpc) is 2.94. The molecular weight excluding hydrogens is 340 g/mol. The predicted molar refractivity (Wildman–Crippen MR) is 84.7 cm³/mol. The summed E-state index contributed by atoms with van der Waals surface area (Å²) in [6, 6.07) is 9.14. The number of hydrogen-bond acceptors (Lipinski definition) is 4.